The van der Waals surface area contributed by atoms with Gasteiger partial charge in [-0.3, -0.25) is 0 Å². The number of rotatable bonds is 3. The van der Waals surface area contributed by atoms with E-state index in [1.165, 1.54) is 0 Å². The van der Waals surface area contributed by atoms with E-state index < -0.39 is 0 Å². The maximum absolute atomic E-state index is 13.3. The summed E-state index contributed by atoms with van der Waals surface area (Å²) in [5, 5.41) is 20.5. The molecule has 0 saturated carbocycles. The van der Waals surface area contributed by atoms with Crippen molar-refractivity contribution in [3.05, 3.63) is 71.2 Å². The molecule has 194 valence electrons. The van der Waals surface area contributed by atoms with Crippen LogP contribution < -0.4 is 16.0 Å². The van der Waals surface area contributed by atoms with Gasteiger partial charge in [0, 0.05) is 47.7 Å². The summed E-state index contributed by atoms with van der Waals surface area (Å²) in [7, 11) is 0. The molecule has 0 radical (unpaired) electrons. The van der Waals surface area contributed by atoms with Gasteiger partial charge in [-0.05, 0) is 49.6 Å². The minimum absolute atomic E-state index is 0.0947. The SMILES string of the molecule is Cc1ncnc2ccc(C3=C(c4cccc(C#N)c4)NC(NC(=O)N4CCC5(CC4)CNCCO5)S3)cc12. The summed E-state index contributed by atoms with van der Waals surface area (Å²) in [6.07, 6.45) is 3.23. The van der Waals surface area contributed by atoms with Crippen molar-refractivity contribution in [1.29, 1.82) is 5.26 Å². The van der Waals surface area contributed by atoms with Gasteiger partial charge in [0.2, 0.25) is 0 Å². The van der Waals surface area contributed by atoms with E-state index in [0.717, 1.165) is 70.9 Å². The molecule has 3 N–H and O–H groups in total. The molecule has 2 amide bonds. The minimum Gasteiger partial charge on any atom is -0.372 e. The number of piperidine rings is 1. The monoisotopic (exact) mass is 527 g/mol. The molecule has 1 aromatic heterocycles. The topological polar surface area (TPSA) is 115 Å². The Morgan fingerprint density at radius 3 is 2.87 bits per heavy atom. The fourth-order valence-electron chi connectivity index (χ4n) is 5.32. The van der Waals surface area contributed by atoms with E-state index in [2.05, 4.69) is 38.1 Å². The van der Waals surface area contributed by atoms with Gasteiger partial charge in [0.25, 0.3) is 0 Å². The van der Waals surface area contributed by atoms with Gasteiger partial charge in [-0.25, -0.2) is 14.8 Å². The van der Waals surface area contributed by atoms with E-state index >= 15 is 0 Å². The van der Waals surface area contributed by atoms with Gasteiger partial charge in [-0.2, -0.15) is 5.26 Å². The number of fused-ring (bicyclic) bond motifs is 1. The Balaban J connectivity index is 1.24. The molecule has 4 heterocycles. The first-order valence-corrected chi connectivity index (χ1v) is 13.7. The fraction of sp³-hybridized carbons (Fsp3) is 0.357. The van der Waals surface area contributed by atoms with Gasteiger partial charge >= 0.3 is 6.03 Å². The van der Waals surface area contributed by atoms with Crippen molar-refractivity contribution < 1.29 is 9.53 Å². The van der Waals surface area contributed by atoms with Crippen LogP contribution in [0.2, 0.25) is 0 Å². The van der Waals surface area contributed by atoms with Gasteiger partial charge in [-0.1, -0.05) is 30.0 Å². The Morgan fingerprint density at radius 1 is 1.21 bits per heavy atom. The molecule has 0 bridgehead atoms. The standard InChI is InChI=1S/C28H29N7O2S/c1-18-22-14-21(5-6-23(22)32-17-31-18)25-24(20-4-2-3-19(13-20)15-29)33-26(38-25)34-27(36)35-10-7-28(8-11-35)16-30-9-12-37-28/h2-6,13-14,17,26,30,33H,7-12,16H2,1H3,(H,34,36). The molecule has 2 saturated heterocycles. The summed E-state index contributed by atoms with van der Waals surface area (Å²) >= 11 is 1.56. The predicted molar refractivity (Wildman–Crippen MR) is 148 cm³/mol. The molecule has 1 atom stereocenters. The first-order chi connectivity index (χ1) is 18.5. The van der Waals surface area contributed by atoms with Crippen LogP contribution >= 0.6 is 11.8 Å². The van der Waals surface area contributed by atoms with E-state index in [1.807, 2.05) is 42.2 Å². The predicted octanol–water partition coefficient (Wildman–Crippen LogP) is 3.42. The van der Waals surface area contributed by atoms with Crippen molar-refractivity contribution in [2.24, 2.45) is 0 Å². The number of aromatic nitrogens is 2. The second kappa shape index (κ2) is 10.3. The third-order valence-electron chi connectivity index (χ3n) is 7.47. The summed E-state index contributed by atoms with van der Waals surface area (Å²) in [6, 6.07) is 15.8. The quantitative estimate of drug-likeness (QED) is 0.475. The van der Waals surface area contributed by atoms with Crippen LogP contribution in [0.1, 0.15) is 35.2 Å². The number of nitrogens with zero attached hydrogens (tertiary/aromatic N) is 4. The van der Waals surface area contributed by atoms with Gasteiger partial charge in [0.05, 0.1) is 35.1 Å². The summed E-state index contributed by atoms with van der Waals surface area (Å²) in [5.41, 5.74) is 4.65. The normalized spacial score (nSPS) is 20.8. The second-order valence-electron chi connectivity index (χ2n) is 9.87. The second-order valence-corrected chi connectivity index (χ2v) is 11.0. The van der Waals surface area contributed by atoms with Crippen LogP contribution in [0.15, 0.2) is 48.8 Å². The molecular formula is C28H29N7O2S. The van der Waals surface area contributed by atoms with Crippen molar-refractivity contribution in [3.8, 4) is 6.07 Å². The number of carbonyl (C=O) groups is 1. The van der Waals surface area contributed by atoms with Crippen molar-refractivity contribution in [2.75, 3.05) is 32.8 Å². The van der Waals surface area contributed by atoms with Crippen molar-refractivity contribution in [1.82, 2.24) is 30.8 Å². The highest BCUT2D eigenvalue weighted by Gasteiger charge is 2.39. The highest BCUT2D eigenvalue weighted by Crippen LogP contribution is 2.42. The van der Waals surface area contributed by atoms with E-state index in [9.17, 15) is 10.1 Å². The average molecular weight is 528 g/mol. The number of urea groups is 1. The number of benzene rings is 2. The number of ether oxygens (including phenoxy) is 1. The van der Waals surface area contributed by atoms with E-state index in [-0.39, 0.29) is 17.1 Å². The number of hydrogen-bond donors (Lipinski definition) is 3. The fourth-order valence-corrected chi connectivity index (χ4v) is 6.45. The van der Waals surface area contributed by atoms with Crippen LogP contribution in [-0.2, 0) is 4.74 Å². The van der Waals surface area contributed by atoms with Gasteiger partial charge < -0.3 is 25.6 Å². The third kappa shape index (κ3) is 4.80. The lowest BCUT2D eigenvalue weighted by Gasteiger charge is -2.44. The van der Waals surface area contributed by atoms with Crippen LogP contribution in [0, 0.1) is 18.3 Å². The molecule has 2 fully saturated rings. The number of thioether (sulfide) groups is 1. The summed E-state index contributed by atoms with van der Waals surface area (Å²) in [4.78, 5) is 24.9. The molecule has 6 rings (SSSR count). The lowest BCUT2D eigenvalue weighted by atomic mass is 9.90. The van der Waals surface area contributed by atoms with Crippen LogP contribution in [0.3, 0.4) is 0 Å². The first-order valence-electron chi connectivity index (χ1n) is 12.8. The minimum atomic E-state index is -0.356. The summed E-state index contributed by atoms with van der Waals surface area (Å²) in [5.74, 6) is 0. The number of carbonyl (C=O) groups excluding carboxylic acids is 1. The van der Waals surface area contributed by atoms with Crippen molar-refractivity contribution >= 4 is 39.3 Å². The lowest BCUT2D eigenvalue weighted by molar-refractivity contribution is -0.0946. The zero-order valence-corrected chi connectivity index (χ0v) is 22.0. The maximum atomic E-state index is 13.3. The molecule has 3 aromatic rings. The number of likely N-dealkylation sites (tertiary alicyclic amines) is 1. The van der Waals surface area contributed by atoms with Gasteiger partial charge in [0.15, 0.2) is 5.50 Å². The van der Waals surface area contributed by atoms with E-state index in [4.69, 9.17) is 4.74 Å². The number of amides is 2. The lowest BCUT2D eigenvalue weighted by Crippen LogP contribution is -2.58. The molecular weight excluding hydrogens is 498 g/mol. The third-order valence-corrected chi connectivity index (χ3v) is 8.61. The number of hydrogen-bond acceptors (Lipinski definition) is 8. The summed E-state index contributed by atoms with van der Waals surface area (Å²) in [6.45, 7) is 5.74. The van der Waals surface area contributed by atoms with Crippen LogP contribution in [0.25, 0.3) is 21.5 Å². The molecule has 10 heteroatoms. The molecule has 2 aromatic carbocycles. The highest BCUT2D eigenvalue weighted by molar-refractivity contribution is 8.09. The maximum Gasteiger partial charge on any atom is 0.319 e. The van der Waals surface area contributed by atoms with Crippen LogP contribution in [0.5, 0.6) is 0 Å². The molecule has 3 aliphatic heterocycles. The van der Waals surface area contributed by atoms with E-state index in [0.29, 0.717) is 18.7 Å². The number of aryl methyl sites for hydroxylation is 1. The zero-order chi connectivity index (χ0) is 26.1. The van der Waals surface area contributed by atoms with Gasteiger partial charge in [-0.15, -0.1) is 0 Å². The average Bonchev–Trinajstić information content (AvgIpc) is 3.38. The Bertz CT molecular complexity index is 1450. The Hall–Kier alpha value is -3.65. The number of morpholine rings is 1. The largest absolute Gasteiger partial charge is 0.372 e. The Labute approximate surface area is 225 Å². The van der Waals surface area contributed by atoms with Crippen molar-refractivity contribution in [3.63, 3.8) is 0 Å². The molecule has 3 aliphatic rings. The smallest absolute Gasteiger partial charge is 0.319 e. The number of nitriles is 1. The van der Waals surface area contributed by atoms with Gasteiger partial charge in [0.1, 0.15) is 6.33 Å². The molecule has 38 heavy (non-hydrogen) atoms. The Kier molecular flexibility index (Phi) is 6.66. The van der Waals surface area contributed by atoms with Crippen molar-refractivity contribution in [2.45, 2.75) is 30.9 Å². The Morgan fingerprint density at radius 2 is 2.08 bits per heavy atom. The highest BCUT2D eigenvalue weighted by atomic mass is 32.2. The molecule has 9 nitrogen and oxygen atoms in total. The van der Waals surface area contributed by atoms with Crippen LogP contribution in [0.4, 0.5) is 4.79 Å². The summed E-state index contributed by atoms with van der Waals surface area (Å²) < 4.78 is 6.08. The molecule has 1 spiro atoms. The molecule has 1 unspecified atom stereocenters. The van der Waals surface area contributed by atoms with Crippen LogP contribution in [-0.4, -0.2) is 64.8 Å². The number of nitrogens with one attached hydrogen (secondary N) is 3. The zero-order valence-electron chi connectivity index (χ0n) is 21.2. The molecule has 0 aliphatic carbocycles. The van der Waals surface area contributed by atoms with E-state index in [1.54, 1.807) is 24.2 Å². The first kappa shape index (κ1) is 24.7.